The van der Waals surface area contributed by atoms with Gasteiger partial charge in [0, 0.05) is 22.5 Å². The van der Waals surface area contributed by atoms with Crippen molar-refractivity contribution in [3.05, 3.63) is 53.0 Å². The predicted octanol–water partition coefficient (Wildman–Crippen LogP) is 6.28. The molecule has 2 bridgehead atoms. The molecule has 0 saturated heterocycles. The molecule has 0 amide bonds. The number of rotatable bonds is 2. The summed E-state index contributed by atoms with van der Waals surface area (Å²) >= 11 is 0. The van der Waals surface area contributed by atoms with Gasteiger partial charge < -0.3 is 4.42 Å². The first kappa shape index (κ1) is 19.5. The molecule has 2 aromatic heterocycles. The zero-order chi connectivity index (χ0) is 21.6. The van der Waals surface area contributed by atoms with Gasteiger partial charge in [-0.15, -0.1) is 0 Å². The molecule has 0 aliphatic heterocycles. The summed E-state index contributed by atoms with van der Waals surface area (Å²) in [6.45, 7) is 13.0. The van der Waals surface area contributed by atoms with E-state index < -0.39 is 11.6 Å². The van der Waals surface area contributed by atoms with E-state index in [0.717, 1.165) is 35.9 Å². The number of oxazole rings is 1. The van der Waals surface area contributed by atoms with Crippen molar-refractivity contribution in [3.8, 4) is 17.3 Å². The van der Waals surface area contributed by atoms with Gasteiger partial charge >= 0.3 is 0 Å². The molecule has 1 aromatic carbocycles. The highest BCUT2D eigenvalue weighted by atomic mass is 19.1. The van der Waals surface area contributed by atoms with Crippen LogP contribution >= 0.6 is 0 Å². The van der Waals surface area contributed by atoms with Gasteiger partial charge in [0.15, 0.2) is 11.5 Å². The van der Waals surface area contributed by atoms with Crippen LogP contribution in [0.2, 0.25) is 0 Å². The van der Waals surface area contributed by atoms with Gasteiger partial charge in [0.2, 0.25) is 5.89 Å². The minimum atomic E-state index is -0.626. The summed E-state index contributed by atoms with van der Waals surface area (Å²) < 4.78 is 36.2. The maximum Gasteiger partial charge on any atom is 0.247 e. The van der Waals surface area contributed by atoms with Crippen LogP contribution in [0.4, 0.5) is 8.78 Å². The third-order valence-electron chi connectivity index (χ3n) is 7.60. The highest BCUT2D eigenvalue weighted by Gasteiger charge is 2.63. The lowest BCUT2D eigenvalue weighted by atomic mass is 9.70. The Bertz CT molecular complexity index is 1170. The Morgan fingerprint density at radius 3 is 2.53 bits per heavy atom. The number of halogens is 2. The van der Waals surface area contributed by atoms with Gasteiger partial charge in [0.1, 0.15) is 17.3 Å². The Balaban J connectivity index is 1.78. The molecule has 2 aliphatic carbocycles. The smallest absolute Gasteiger partial charge is 0.247 e. The highest BCUT2D eigenvalue weighted by molar-refractivity contribution is 5.64. The summed E-state index contributed by atoms with van der Waals surface area (Å²) in [4.78, 5) is 4.53. The normalized spacial score (nSPS) is 24.5. The summed E-state index contributed by atoms with van der Waals surface area (Å²) in [5.41, 5.74) is 2.67. The lowest BCUT2D eigenvalue weighted by molar-refractivity contribution is 0.222. The van der Waals surface area contributed by atoms with Crippen LogP contribution in [0.1, 0.15) is 77.3 Å². The van der Waals surface area contributed by atoms with Crippen LogP contribution in [0.5, 0.6) is 0 Å². The van der Waals surface area contributed by atoms with Crippen LogP contribution in [0.25, 0.3) is 17.3 Å². The summed E-state index contributed by atoms with van der Waals surface area (Å²) in [6.07, 6.45) is 3.80. The van der Waals surface area contributed by atoms with E-state index in [2.05, 4.69) is 46.5 Å². The van der Waals surface area contributed by atoms with E-state index in [1.807, 2.05) is 0 Å². The Morgan fingerprint density at radius 2 is 1.90 bits per heavy atom. The van der Waals surface area contributed by atoms with Crippen LogP contribution in [0, 0.1) is 17.0 Å². The van der Waals surface area contributed by atoms with E-state index in [9.17, 15) is 8.78 Å². The minimum absolute atomic E-state index is 0.00688. The fraction of sp³-hybridized carbons (Fsp3) is 0.500. The molecule has 0 spiro atoms. The molecule has 158 valence electrons. The van der Waals surface area contributed by atoms with Gasteiger partial charge in [0.25, 0.3) is 0 Å². The molecule has 0 radical (unpaired) electrons. The lowest BCUT2D eigenvalue weighted by Gasteiger charge is -2.35. The van der Waals surface area contributed by atoms with Crippen LogP contribution in [0.15, 0.2) is 28.8 Å². The Morgan fingerprint density at radius 1 is 1.17 bits per heavy atom. The van der Waals surface area contributed by atoms with Crippen LogP contribution < -0.4 is 0 Å². The van der Waals surface area contributed by atoms with Crippen molar-refractivity contribution in [2.45, 2.75) is 71.1 Å². The standard InChI is InChI=1S/C24H27F2N3O/c1-22(2,3)17-12-27-21(30-17)19-18-14-9-10-24(6,23(14,4)5)20(18)29(28-19)16-8-7-13(25)11-15(16)26/h7-8,11-12,14H,9-10H2,1-6H3. The van der Waals surface area contributed by atoms with Crippen molar-refractivity contribution in [2.75, 3.05) is 0 Å². The maximum absolute atomic E-state index is 14.8. The molecule has 1 fully saturated rings. The average Bonchev–Trinajstić information content (AvgIpc) is 3.34. The highest BCUT2D eigenvalue weighted by Crippen LogP contribution is 2.69. The largest absolute Gasteiger partial charge is 0.439 e. The quantitative estimate of drug-likeness (QED) is 0.499. The second-order valence-corrected chi connectivity index (χ2v) is 10.5. The third-order valence-corrected chi connectivity index (χ3v) is 7.60. The summed E-state index contributed by atoms with van der Waals surface area (Å²) in [6, 6.07) is 3.64. The monoisotopic (exact) mass is 411 g/mol. The van der Waals surface area contributed by atoms with Gasteiger partial charge in [-0.3, -0.25) is 0 Å². The third kappa shape index (κ3) is 2.36. The first-order valence-electron chi connectivity index (χ1n) is 10.5. The van der Waals surface area contributed by atoms with Gasteiger partial charge in [-0.2, -0.15) is 5.10 Å². The van der Waals surface area contributed by atoms with Crippen LogP contribution in [-0.2, 0) is 10.8 Å². The maximum atomic E-state index is 14.8. The zero-order valence-electron chi connectivity index (χ0n) is 18.3. The Kier molecular flexibility index (Phi) is 3.76. The SMILES string of the molecule is CC(C)(C)c1cnc(-c2nn(-c3ccc(F)cc3F)c3c2C2CCC3(C)C2(C)C)o1. The van der Waals surface area contributed by atoms with Crippen molar-refractivity contribution < 1.29 is 13.2 Å². The fourth-order valence-electron chi connectivity index (χ4n) is 5.44. The van der Waals surface area contributed by atoms with Gasteiger partial charge in [-0.05, 0) is 36.3 Å². The van der Waals surface area contributed by atoms with E-state index in [-0.39, 0.29) is 27.9 Å². The van der Waals surface area contributed by atoms with Crippen LogP contribution in [0.3, 0.4) is 0 Å². The molecular weight excluding hydrogens is 384 g/mol. The Hall–Kier alpha value is -2.50. The van der Waals surface area contributed by atoms with Crippen molar-refractivity contribution in [1.29, 1.82) is 0 Å². The molecule has 2 atom stereocenters. The molecule has 0 N–H and O–H groups in total. The molecule has 1 saturated carbocycles. The van der Waals surface area contributed by atoms with E-state index >= 15 is 0 Å². The average molecular weight is 411 g/mol. The zero-order valence-corrected chi connectivity index (χ0v) is 18.3. The first-order chi connectivity index (χ1) is 13.9. The van der Waals surface area contributed by atoms with Gasteiger partial charge in [-0.1, -0.05) is 41.5 Å². The first-order valence-corrected chi connectivity index (χ1v) is 10.5. The summed E-state index contributed by atoms with van der Waals surface area (Å²) in [7, 11) is 0. The predicted molar refractivity (Wildman–Crippen MR) is 111 cm³/mol. The van der Waals surface area contributed by atoms with Crippen molar-refractivity contribution in [1.82, 2.24) is 14.8 Å². The van der Waals surface area contributed by atoms with Gasteiger partial charge in [-0.25, -0.2) is 18.4 Å². The van der Waals surface area contributed by atoms with Crippen LogP contribution in [-0.4, -0.2) is 14.8 Å². The second kappa shape index (κ2) is 5.80. The van der Waals surface area contributed by atoms with Crippen molar-refractivity contribution in [3.63, 3.8) is 0 Å². The number of fused-ring (bicyclic) bond motifs is 5. The van der Waals surface area contributed by atoms with Gasteiger partial charge in [0.05, 0.1) is 11.9 Å². The molecular formula is C24H27F2N3O. The van der Waals surface area contributed by atoms with Crippen molar-refractivity contribution in [2.24, 2.45) is 5.41 Å². The van der Waals surface area contributed by atoms with Crippen molar-refractivity contribution >= 4 is 0 Å². The molecule has 2 aliphatic rings. The van der Waals surface area contributed by atoms with E-state index in [1.165, 1.54) is 12.1 Å². The minimum Gasteiger partial charge on any atom is -0.439 e. The van der Waals surface area contributed by atoms with E-state index in [1.54, 1.807) is 10.9 Å². The fourth-order valence-corrected chi connectivity index (χ4v) is 5.44. The molecule has 6 heteroatoms. The topological polar surface area (TPSA) is 43.9 Å². The number of nitrogens with zero attached hydrogens (tertiary/aromatic N) is 3. The number of benzene rings is 1. The van der Waals surface area contributed by atoms with E-state index in [0.29, 0.717) is 11.6 Å². The lowest BCUT2D eigenvalue weighted by Crippen LogP contribution is -2.33. The molecule has 5 rings (SSSR count). The number of aromatic nitrogens is 3. The van der Waals surface area contributed by atoms with E-state index in [4.69, 9.17) is 9.52 Å². The molecule has 2 unspecified atom stereocenters. The molecule has 4 nitrogen and oxygen atoms in total. The number of hydrogen-bond acceptors (Lipinski definition) is 3. The summed E-state index contributed by atoms with van der Waals surface area (Å²) in [5.74, 6) is 0.302. The second-order valence-electron chi connectivity index (χ2n) is 10.5. The summed E-state index contributed by atoms with van der Waals surface area (Å²) in [5, 5.41) is 4.81. The number of hydrogen-bond donors (Lipinski definition) is 0. The Labute approximate surface area is 175 Å². The molecule has 2 heterocycles. The molecule has 30 heavy (non-hydrogen) atoms. The molecule has 3 aromatic rings.